The van der Waals surface area contributed by atoms with E-state index in [4.69, 9.17) is 0 Å². The molecule has 3 heterocycles. The first-order valence-electron chi connectivity index (χ1n) is 11.3. The molecule has 9 nitrogen and oxygen atoms in total. The van der Waals surface area contributed by atoms with Crippen molar-refractivity contribution in [3.05, 3.63) is 70.1 Å². The molecule has 10 heteroatoms. The molecular weight excluding hydrogens is 466 g/mol. The van der Waals surface area contributed by atoms with Gasteiger partial charge in [0.2, 0.25) is 22.9 Å². The molecule has 4 aromatic rings. The quantitative estimate of drug-likeness (QED) is 0.400. The second kappa shape index (κ2) is 8.95. The molecule has 1 atom stereocenters. The van der Waals surface area contributed by atoms with Gasteiger partial charge in [0.15, 0.2) is 0 Å². The Kier molecular flexibility index (Phi) is 5.81. The number of nitrogens with one attached hydrogen (secondary N) is 2. The maximum absolute atomic E-state index is 13.5. The molecule has 0 radical (unpaired) electrons. The molecular formula is C25H23N5O4S. The Bertz CT molecular complexity index is 1480. The highest BCUT2D eigenvalue weighted by Crippen LogP contribution is 2.34. The van der Waals surface area contributed by atoms with Gasteiger partial charge in [0, 0.05) is 24.7 Å². The van der Waals surface area contributed by atoms with E-state index in [1.165, 1.54) is 22.9 Å². The highest BCUT2D eigenvalue weighted by atomic mass is 32.1. The number of nitrogens with zero attached hydrogens (tertiary/aromatic N) is 3. The number of amides is 3. The van der Waals surface area contributed by atoms with E-state index in [2.05, 4.69) is 15.4 Å². The van der Waals surface area contributed by atoms with E-state index in [-0.39, 0.29) is 23.8 Å². The van der Waals surface area contributed by atoms with Crippen LogP contribution >= 0.6 is 11.3 Å². The number of hydrogen-bond acceptors (Lipinski definition) is 6. The number of carbonyl (C=O) groups is 3. The fourth-order valence-corrected chi connectivity index (χ4v) is 5.34. The van der Waals surface area contributed by atoms with Crippen LogP contribution in [-0.2, 0) is 20.8 Å². The van der Waals surface area contributed by atoms with Gasteiger partial charge in [-0.1, -0.05) is 36.8 Å². The molecule has 1 fully saturated rings. The van der Waals surface area contributed by atoms with Gasteiger partial charge in [-0.15, -0.1) is 0 Å². The molecule has 1 aliphatic heterocycles. The van der Waals surface area contributed by atoms with E-state index in [1.807, 2.05) is 31.2 Å². The van der Waals surface area contributed by atoms with Gasteiger partial charge in [0.25, 0.3) is 5.56 Å². The summed E-state index contributed by atoms with van der Waals surface area (Å²) in [6.07, 6.45) is 1.23. The van der Waals surface area contributed by atoms with E-state index in [1.54, 1.807) is 24.3 Å². The zero-order valence-corrected chi connectivity index (χ0v) is 20.0. The highest BCUT2D eigenvalue weighted by Gasteiger charge is 2.43. The van der Waals surface area contributed by atoms with Crippen LogP contribution in [0.5, 0.6) is 0 Å². The molecule has 1 saturated heterocycles. The number of aromatic nitrogens is 3. The van der Waals surface area contributed by atoms with E-state index in [9.17, 15) is 19.2 Å². The molecule has 35 heavy (non-hydrogen) atoms. The van der Waals surface area contributed by atoms with Gasteiger partial charge in [0.05, 0.1) is 27.4 Å². The maximum atomic E-state index is 13.5. The Morgan fingerprint density at radius 2 is 1.89 bits per heavy atom. The van der Waals surface area contributed by atoms with Crippen LogP contribution in [0.15, 0.2) is 53.3 Å². The number of para-hydroxylation sites is 1. The van der Waals surface area contributed by atoms with Crippen molar-refractivity contribution in [1.29, 1.82) is 0 Å². The number of anilines is 2. The number of carbonyl (C=O) groups excluding carboxylic acids is 3. The van der Waals surface area contributed by atoms with Crippen LogP contribution < -0.4 is 15.8 Å². The zero-order chi connectivity index (χ0) is 24.7. The van der Waals surface area contributed by atoms with Gasteiger partial charge in [-0.3, -0.25) is 29.2 Å². The number of rotatable bonds is 6. The third-order valence-corrected chi connectivity index (χ3v) is 6.94. The Morgan fingerprint density at radius 3 is 2.57 bits per heavy atom. The third-order valence-electron chi connectivity index (χ3n) is 5.92. The van der Waals surface area contributed by atoms with Crippen molar-refractivity contribution in [1.82, 2.24) is 14.8 Å². The van der Waals surface area contributed by atoms with E-state index in [0.29, 0.717) is 34.2 Å². The summed E-state index contributed by atoms with van der Waals surface area (Å²) in [6.45, 7) is 3.39. The Hall–Kier alpha value is -4.05. The summed E-state index contributed by atoms with van der Waals surface area (Å²) in [5.74, 6) is -1.90. The normalized spacial score (nSPS) is 15.8. The molecule has 0 unspecified atom stereocenters. The number of H-pyrrole nitrogens is 1. The summed E-state index contributed by atoms with van der Waals surface area (Å²) in [4.78, 5) is 56.8. The molecule has 1 aliphatic rings. The number of aryl methyl sites for hydroxylation is 1. The molecule has 2 N–H and O–H groups in total. The monoisotopic (exact) mass is 489 g/mol. The molecule has 2 aromatic carbocycles. The number of thiazole rings is 1. The van der Waals surface area contributed by atoms with Crippen LogP contribution in [0.3, 0.4) is 0 Å². The highest BCUT2D eigenvalue weighted by molar-refractivity contribution is 7.20. The van der Waals surface area contributed by atoms with Gasteiger partial charge in [-0.25, -0.2) is 4.98 Å². The van der Waals surface area contributed by atoms with Crippen molar-refractivity contribution in [2.45, 2.75) is 39.0 Å². The van der Waals surface area contributed by atoms with Crippen molar-refractivity contribution in [2.24, 2.45) is 0 Å². The first kappa shape index (κ1) is 22.7. The molecule has 0 spiro atoms. The summed E-state index contributed by atoms with van der Waals surface area (Å²) in [5.41, 5.74) is 2.35. The van der Waals surface area contributed by atoms with Crippen molar-refractivity contribution in [2.75, 3.05) is 10.2 Å². The number of hydrogen-bond donors (Lipinski definition) is 2. The van der Waals surface area contributed by atoms with Gasteiger partial charge >= 0.3 is 0 Å². The minimum Gasteiger partial charge on any atom is -0.326 e. The second-order valence-electron chi connectivity index (χ2n) is 8.41. The molecule has 0 aliphatic carbocycles. The molecule has 0 saturated carbocycles. The summed E-state index contributed by atoms with van der Waals surface area (Å²) in [7, 11) is 0. The summed E-state index contributed by atoms with van der Waals surface area (Å²) < 4.78 is 2.33. The van der Waals surface area contributed by atoms with E-state index in [0.717, 1.165) is 21.5 Å². The van der Waals surface area contributed by atoms with Gasteiger partial charge in [0.1, 0.15) is 0 Å². The van der Waals surface area contributed by atoms with Crippen molar-refractivity contribution >= 4 is 50.6 Å². The van der Waals surface area contributed by atoms with Crippen molar-refractivity contribution < 1.29 is 14.4 Å². The van der Waals surface area contributed by atoms with Crippen LogP contribution in [0.4, 0.5) is 11.4 Å². The average Bonchev–Trinajstić information content (AvgIpc) is 3.47. The number of aromatic amines is 1. The molecule has 178 valence electrons. The fourth-order valence-electron chi connectivity index (χ4n) is 4.41. The maximum Gasteiger partial charge on any atom is 0.277 e. The fraction of sp³-hybridized carbons (Fsp3) is 0.240. The second-order valence-corrected chi connectivity index (χ2v) is 9.42. The lowest BCUT2D eigenvalue weighted by molar-refractivity contribution is -0.121. The number of fused-ring (bicyclic) bond motifs is 1. The lowest BCUT2D eigenvalue weighted by Gasteiger charge is -2.15. The topological polar surface area (TPSA) is 117 Å². The van der Waals surface area contributed by atoms with Crippen molar-refractivity contribution in [3.8, 4) is 5.13 Å². The molecule has 2 aromatic heterocycles. The Labute approximate surface area is 204 Å². The first-order valence-corrected chi connectivity index (χ1v) is 12.1. The summed E-state index contributed by atoms with van der Waals surface area (Å²) in [6, 6.07) is 14.1. The largest absolute Gasteiger partial charge is 0.326 e. The van der Waals surface area contributed by atoms with Crippen LogP contribution in [0.2, 0.25) is 0 Å². The lowest BCUT2D eigenvalue weighted by atomic mass is 9.96. The van der Waals surface area contributed by atoms with E-state index >= 15 is 0 Å². The molecule has 5 rings (SSSR count). The van der Waals surface area contributed by atoms with Gasteiger partial charge in [-0.05, 0) is 42.8 Å². The first-order chi connectivity index (χ1) is 16.9. The van der Waals surface area contributed by atoms with Crippen LogP contribution in [0.25, 0.3) is 15.3 Å². The van der Waals surface area contributed by atoms with Gasteiger partial charge < -0.3 is 5.32 Å². The SMILES string of the molecule is CCCc1[nH]n(-c2nc3ccccc3s2)c(=O)c1[C@H]1CC(=O)N(c2ccc(NC(C)=O)cc2)C1=O. The number of benzene rings is 2. The summed E-state index contributed by atoms with van der Waals surface area (Å²) >= 11 is 1.38. The minimum atomic E-state index is -0.876. The Morgan fingerprint density at radius 1 is 1.14 bits per heavy atom. The Balaban J connectivity index is 1.52. The average molecular weight is 490 g/mol. The standard InChI is InChI=1S/C25H23N5O4S/c1-3-6-19-22(24(34)30(28-19)25-27-18-7-4-5-8-20(18)35-25)17-13-21(32)29(23(17)33)16-11-9-15(10-12-16)26-14(2)31/h4-5,7-12,17,28H,3,6,13H2,1-2H3,(H,26,31)/t17-/m1/s1. The van der Waals surface area contributed by atoms with E-state index < -0.39 is 11.8 Å². The smallest absolute Gasteiger partial charge is 0.277 e. The number of imide groups is 1. The lowest BCUT2D eigenvalue weighted by Crippen LogP contribution is -2.31. The van der Waals surface area contributed by atoms with Gasteiger partial charge in [-0.2, -0.15) is 4.68 Å². The third kappa shape index (κ3) is 4.06. The van der Waals surface area contributed by atoms with Crippen LogP contribution in [0.1, 0.15) is 43.9 Å². The van der Waals surface area contributed by atoms with Crippen molar-refractivity contribution in [3.63, 3.8) is 0 Å². The van der Waals surface area contributed by atoms with Crippen LogP contribution in [-0.4, -0.2) is 32.5 Å². The predicted octanol–water partition coefficient (Wildman–Crippen LogP) is 3.73. The minimum absolute atomic E-state index is 0.0874. The molecule has 3 amide bonds. The predicted molar refractivity (Wildman–Crippen MR) is 134 cm³/mol. The molecule has 0 bridgehead atoms. The zero-order valence-electron chi connectivity index (χ0n) is 19.2. The van der Waals surface area contributed by atoms with Crippen LogP contribution in [0, 0.1) is 0 Å². The summed E-state index contributed by atoms with van der Waals surface area (Å²) in [5, 5.41) is 6.29.